The van der Waals surface area contributed by atoms with E-state index in [-0.39, 0.29) is 40.7 Å². The minimum absolute atomic E-state index is 0.0196. The number of methoxy groups -OCH3 is 2. The number of nitrogen functional groups attached to an aromatic ring is 1. The van der Waals surface area contributed by atoms with Crippen molar-refractivity contribution in [3.8, 4) is 51.5 Å². The van der Waals surface area contributed by atoms with Crippen molar-refractivity contribution < 1.29 is 23.9 Å². The van der Waals surface area contributed by atoms with Gasteiger partial charge in [-0.3, -0.25) is 10.1 Å². The Morgan fingerprint density at radius 3 is 2.45 bits per heavy atom. The number of nitro groups is 1. The first-order chi connectivity index (χ1) is 15.0. The van der Waals surface area contributed by atoms with Crippen LogP contribution in [0.15, 0.2) is 36.4 Å². The number of ether oxygens (including phenoxy) is 4. The zero-order valence-electron chi connectivity index (χ0n) is 16.5. The van der Waals surface area contributed by atoms with Crippen molar-refractivity contribution in [1.29, 1.82) is 5.26 Å². The zero-order valence-corrected chi connectivity index (χ0v) is 16.5. The highest BCUT2D eigenvalue weighted by Gasteiger charge is 2.27. The Morgan fingerprint density at radius 1 is 1.10 bits per heavy atom. The first-order valence-electron chi connectivity index (χ1n) is 8.98. The van der Waals surface area contributed by atoms with E-state index in [1.807, 2.05) is 6.07 Å². The molecule has 3 aromatic rings. The van der Waals surface area contributed by atoms with Crippen molar-refractivity contribution in [3.05, 3.63) is 52.1 Å². The van der Waals surface area contributed by atoms with Gasteiger partial charge in [0.15, 0.2) is 23.0 Å². The van der Waals surface area contributed by atoms with Gasteiger partial charge in [-0.2, -0.15) is 5.26 Å². The molecule has 0 amide bonds. The second kappa shape index (κ2) is 7.72. The second-order valence-electron chi connectivity index (χ2n) is 6.48. The van der Waals surface area contributed by atoms with Crippen molar-refractivity contribution in [3.63, 3.8) is 0 Å². The number of nitrogens with two attached hydrogens (primary N) is 1. The fraction of sp³-hybridized carbons (Fsp3) is 0.143. The lowest BCUT2D eigenvalue weighted by molar-refractivity contribution is -0.384. The van der Waals surface area contributed by atoms with Gasteiger partial charge in [-0.05, 0) is 30.3 Å². The van der Waals surface area contributed by atoms with E-state index >= 15 is 0 Å². The molecule has 2 heterocycles. The number of pyridine rings is 1. The first-order valence-corrected chi connectivity index (χ1v) is 8.98. The number of fused-ring (bicyclic) bond motifs is 1. The quantitative estimate of drug-likeness (QED) is 0.484. The van der Waals surface area contributed by atoms with Gasteiger partial charge >= 0.3 is 0 Å². The van der Waals surface area contributed by atoms with Crippen LogP contribution >= 0.6 is 0 Å². The Labute approximate surface area is 176 Å². The highest BCUT2D eigenvalue weighted by molar-refractivity contribution is 5.86. The van der Waals surface area contributed by atoms with E-state index < -0.39 is 4.92 Å². The smallest absolute Gasteiger partial charge is 0.281 e. The van der Waals surface area contributed by atoms with Crippen LogP contribution in [0, 0.1) is 21.4 Å². The molecule has 10 nitrogen and oxygen atoms in total. The normalized spacial score (nSPS) is 11.6. The van der Waals surface area contributed by atoms with Crippen LogP contribution in [0.2, 0.25) is 0 Å². The van der Waals surface area contributed by atoms with Crippen molar-refractivity contribution in [1.82, 2.24) is 4.98 Å². The molecule has 0 fully saturated rings. The largest absolute Gasteiger partial charge is 0.493 e. The molecule has 0 unspecified atom stereocenters. The molecule has 2 aromatic carbocycles. The van der Waals surface area contributed by atoms with Crippen molar-refractivity contribution in [2.75, 3.05) is 26.7 Å². The van der Waals surface area contributed by atoms with E-state index in [1.165, 1.54) is 26.4 Å². The maximum Gasteiger partial charge on any atom is 0.281 e. The van der Waals surface area contributed by atoms with Crippen LogP contribution in [0.3, 0.4) is 0 Å². The number of benzene rings is 2. The molecule has 0 bridgehead atoms. The molecule has 2 N–H and O–H groups in total. The molecule has 10 heteroatoms. The van der Waals surface area contributed by atoms with Crippen molar-refractivity contribution in [2.24, 2.45) is 0 Å². The highest BCUT2D eigenvalue weighted by atomic mass is 16.7. The predicted molar refractivity (Wildman–Crippen MR) is 110 cm³/mol. The van der Waals surface area contributed by atoms with Crippen molar-refractivity contribution >= 4 is 11.5 Å². The Balaban J connectivity index is 1.96. The number of hydrogen-bond acceptors (Lipinski definition) is 9. The summed E-state index contributed by atoms with van der Waals surface area (Å²) >= 11 is 0. The van der Waals surface area contributed by atoms with Gasteiger partial charge in [-0.1, -0.05) is 0 Å². The summed E-state index contributed by atoms with van der Waals surface area (Å²) in [5.41, 5.74) is 7.28. The zero-order chi connectivity index (χ0) is 22.1. The van der Waals surface area contributed by atoms with Crippen LogP contribution in [-0.4, -0.2) is 30.9 Å². The second-order valence-corrected chi connectivity index (χ2v) is 6.48. The predicted octanol–water partition coefficient (Wildman–Crippen LogP) is 3.52. The Bertz CT molecular complexity index is 1250. The molecule has 0 saturated carbocycles. The molecule has 156 valence electrons. The fourth-order valence-electron chi connectivity index (χ4n) is 3.34. The minimum atomic E-state index is -0.550. The maximum absolute atomic E-state index is 11.7. The monoisotopic (exact) mass is 420 g/mol. The van der Waals surface area contributed by atoms with E-state index in [0.717, 1.165) is 0 Å². The molecule has 4 rings (SSSR count). The summed E-state index contributed by atoms with van der Waals surface area (Å²) < 4.78 is 21.2. The summed E-state index contributed by atoms with van der Waals surface area (Å²) in [5.74, 6) is 1.54. The van der Waals surface area contributed by atoms with Crippen LogP contribution < -0.4 is 24.7 Å². The first kappa shape index (κ1) is 19.8. The number of hydrogen-bond donors (Lipinski definition) is 1. The maximum atomic E-state index is 11.7. The number of nitrogens with zero attached hydrogens (tertiary/aromatic N) is 3. The van der Waals surface area contributed by atoms with E-state index in [4.69, 9.17) is 24.7 Å². The summed E-state index contributed by atoms with van der Waals surface area (Å²) in [6.45, 7) is -0.0452. The number of rotatable bonds is 5. The molecular weight excluding hydrogens is 404 g/mol. The minimum Gasteiger partial charge on any atom is -0.493 e. The molecule has 1 aliphatic rings. The van der Waals surface area contributed by atoms with E-state index in [0.29, 0.717) is 28.5 Å². The lowest BCUT2D eigenvalue weighted by Gasteiger charge is -2.13. The van der Waals surface area contributed by atoms with Crippen LogP contribution in [-0.2, 0) is 0 Å². The molecular formula is C21H16N4O6. The van der Waals surface area contributed by atoms with Gasteiger partial charge in [0.25, 0.3) is 5.69 Å². The molecule has 1 aromatic heterocycles. The van der Waals surface area contributed by atoms with Gasteiger partial charge in [0.05, 0.1) is 36.5 Å². The van der Waals surface area contributed by atoms with Gasteiger partial charge < -0.3 is 24.7 Å². The Morgan fingerprint density at radius 2 is 1.81 bits per heavy atom. The summed E-state index contributed by atoms with van der Waals surface area (Å²) in [4.78, 5) is 15.5. The van der Waals surface area contributed by atoms with Gasteiger partial charge in [0.1, 0.15) is 17.5 Å². The third kappa shape index (κ3) is 3.38. The third-order valence-corrected chi connectivity index (χ3v) is 4.82. The lowest BCUT2D eigenvalue weighted by atomic mass is 9.96. The fourth-order valence-corrected chi connectivity index (χ4v) is 3.34. The number of anilines is 1. The van der Waals surface area contributed by atoms with Crippen LogP contribution in [0.1, 0.15) is 5.56 Å². The standard InChI is InChI=1S/C21H16N4O6/c1-28-17-4-3-11(5-18(17)29-2)15-6-12(14(9-22)21(23)24-15)13-7-19-20(31-10-30-19)8-16(13)25(26)27/h3-8H,10H2,1-2H3,(H2,23,24). The van der Waals surface area contributed by atoms with Crippen molar-refractivity contribution in [2.45, 2.75) is 0 Å². The Kier molecular flexibility index (Phi) is 4.92. The molecule has 0 atom stereocenters. The Hall–Kier alpha value is -4.52. The van der Waals surface area contributed by atoms with Crippen LogP contribution in [0.25, 0.3) is 22.4 Å². The summed E-state index contributed by atoms with van der Waals surface area (Å²) in [6, 6.07) is 11.4. The average molecular weight is 420 g/mol. The number of aromatic nitrogens is 1. The molecule has 0 spiro atoms. The summed E-state index contributed by atoms with van der Waals surface area (Å²) in [7, 11) is 3.02. The topological polar surface area (TPSA) is 143 Å². The number of nitro benzene ring substituents is 1. The molecule has 0 radical (unpaired) electrons. The van der Waals surface area contributed by atoms with Crippen LogP contribution in [0.4, 0.5) is 11.5 Å². The van der Waals surface area contributed by atoms with Gasteiger partial charge in [0, 0.05) is 11.1 Å². The summed E-state index contributed by atoms with van der Waals surface area (Å²) in [5, 5.41) is 21.4. The molecule has 31 heavy (non-hydrogen) atoms. The van der Waals surface area contributed by atoms with E-state index in [9.17, 15) is 15.4 Å². The molecule has 1 aliphatic heterocycles. The van der Waals surface area contributed by atoms with Gasteiger partial charge in [-0.15, -0.1) is 0 Å². The van der Waals surface area contributed by atoms with E-state index in [2.05, 4.69) is 4.98 Å². The molecule has 0 aliphatic carbocycles. The number of nitriles is 1. The van der Waals surface area contributed by atoms with Gasteiger partial charge in [0.2, 0.25) is 6.79 Å². The lowest BCUT2D eigenvalue weighted by Crippen LogP contribution is -2.02. The summed E-state index contributed by atoms with van der Waals surface area (Å²) in [6.07, 6.45) is 0. The van der Waals surface area contributed by atoms with Gasteiger partial charge in [-0.25, -0.2) is 4.98 Å². The molecule has 0 saturated heterocycles. The van der Waals surface area contributed by atoms with E-state index in [1.54, 1.807) is 24.3 Å². The average Bonchev–Trinajstić information content (AvgIpc) is 3.24. The van der Waals surface area contributed by atoms with Crippen LogP contribution in [0.5, 0.6) is 23.0 Å². The highest BCUT2D eigenvalue weighted by Crippen LogP contribution is 2.44. The third-order valence-electron chi connectivity index (χ3n) is 4.82. The SMILES string of the molecule is COc1ccc(-c2cc(-c3cc4c(cc3[N+](=O)[O-])OCO4)c(C#N)c(N)n2)cc1OC.